The molecule has 5 heteroatoms. The van der Waals surface area contributed by atoms with Crippen molar-refractivity contribution < 1.29 is 8.83 Å². The van der Waals surface area contributed by atoms with Crippen LogP contribution in [0.25, 0.3) is 111 Å². The quantitative estimate of drug-likeness (QED) is 0.167. The number of hydrogen-bond acceptors (Lipinski definition) is 5. The van der Waals surface area contributed by atoms with Crippen LogP contribution >= 0.6 is 0 Å². The minimum atomic E-state index is 0.345. The maximum absolute atomic E-state index is 6.77. The van der Waals surface area contributed by atoms with Crippen LogP contribution in [0.1, 0.15) is 44.1 Å². The van der Waals surface area contributed by atoms with Crippen molar-refractivity contribution in [2.24, 2.45) is 17.8 Å². The van der Waals surface area contributed by atoms with Crippen LogP contribution in [0.5, 0.6) is 0 Å². The summed E-state index contributed by atoms with van der Waals surface area (Å²) in [4.78, 5) is 16.3. The summed E-state index contributed by atoms with van der Waals surface area (Å²) >= 11 is 0. The van der Waals surface area contributed by atoms with E-state index in [1.165, 1.54) is 49.7 Å². The summed E-state index contributed by atoms with van der Waals surface area (Å²) in [5.41, 5.74) is 12.1. The average molecular weight is 826 g/mol. The molecule has 3 aromatic heterocycles. The molecule has 0 amide bonds. The van der Waals surface area contributed by atoms with E-state index in [0.717, 1.165) is 106 Å². The van der Waals surface area contributed by atoms with Crippen LogP contribution in [0.15, 0.2) is 179 Å². The molecule has 5 nitrogen and oxygen atoms in total. The number of benzene rings is 8. The molecule has 0 N–H and O–H groups in total. The topological polar surface area (TPSA) is 65.0 Å². The lowest BCUT2D eigenvalue weighted by molar-refractivity contribution is -0.00518. The van der Waals surface area contributed by atoms with Gasteiger partial charge in [-0.1, -0.05) is 127 Å². The van der Waals surface area contributed by atoms with Crippen LogP contribution in [0.2, 0.25) is 0 Å². The highest BCUT2D eigenvalue weighted by Gasteiger charge is 2.51. The number of hydrogen-bond donors (Lipinski definition) is 0. The maximum atomic E-state index is 6.77. The molecule has 0 atom stereocenters. The zero-order valence-electron chi connectivity index (χ0n) is 35.3. The summed E-state index contributed by atoms with van der Waals surface area (Å²) in [7, 11) is 0. The molecular weight excluding hydrogens is 783 g/mol. The van der Waals surface area contributed by atoms with Crippen molar-refractivity contribution in [3.05, 3.63) is 175 Å². The van der Waals surface area contributed by atoms with E-state index < -0.39 is 0 Å². The van der Waals surface area contributed by atoms with Gasteiger partial charge in [-0.15, -0.1) is 0 Å². The first-order chi connectivity index (χ1) is 31.6. The molecule has 15 rings (SSSR count). The lowest BCUT2D eigenvalue weighted by Gasteiger charge is -2.57. The van der Waals surface area contributed by atoms with Gasteiger partial charge in [0.2, 0.25) is 0 Å². The number of para-hydroxylation sites is 3. The number of furan rings is 2. The molecule has 306 valence electrons. The Morgan fingerprint density at radius 3 is 1.66 bits per heavy atom. The molecule has 8 aromatic carbocycles. The third kappa shape index (κ3) is 5.66. The predicted octanol–water partition coefficient (Wildman–Crippen LogP) is 15.6. The Labute approximate surface area is 370 Å². The fourth-order valence-corrected chi connectivity index (χ4v) is 12.6. The number of nitrogens with zero attached hydrogens (tertiary/aromatic N) is 3. The van der Waals surface area contributed by atoms with Crippen LogP contribution < -0.4 is 0 Å². The largest absolute Gasteiger partial charge is 0.455 e. The van der Waals surface area contributed by atoms with Gasteiger partial charge in [0, 0.05) is 27.1 Å². The zero-order chi connectivity index (χ0) is 41.9. The first-order valence-corrected chi connectivity index (χ1v) is 22.9. The van der Waals surface area contributed by atoms with Gasteiger partial charge < -0.3 is 8.83 Å². The summed E-state index contributed by atoms with van der Waals surface area (Å²) in [6, 6.07) is 60.4. The SMILES string of the molecule is c1ccc(-c2cc(-c3ccc(C45CC6CC(CC(C6)C4)C5)cc3)cc(-c3nc(-c4cccc5c4oc4ccccc45)nc(-c4c5ccccc5cc5c4oc4ccccc45)n3)c2)cc1. The molecule has 4 bridgehead atoms. The van der Waals surface area contributed by atoms with E-state index in [9.17, 15) is 0 Å². The van der Waals surface area contributed by atoms with Crippen molar-refractivity contribution in [2.75, 3.05) is 0 Å². The highest BCUT2D eigenvalue weighted by Crippen LogP contribution is 2.61. The fraction of sp³-hybridized carbons (Fsp3) is 0.169. The van der Waals surface area contributed by atoms with Gasteiger partial charge >= 0.3 is 0 Å². The molecule has 64 heavy (non-hydrogen) atoms. The van der Waals surface area contributed by atoms with Gasteiger partial charge in [-0.2, -0.15) is 0 Å². The molecule has 0 aliphatic heterocycles. The van der Waals surface area contributed by atoms with E-state index in [1.54, 1.807) is 0 Å². The molecule has 4 fully saturated rings. The predicted molar refractivity (Wildman–Crippen MR) is 259 cm³/mol. The van der Waals surface area contributed by atoms with Crippen molar-refractivity contribution in [3.8, 4) is 56.4 Å². The van der Waals surface area contributed by atoms with Crippen LogP contribution in [-0.2, 0) is 5.41 Å². The van der Waals surface area contributed by atoms with Gasteiger partial charge in [0.1, 0.15) is 22.3 Å². The van der Waals surface area contributed by atoms with E-state index in [-0.39, 0.29) is 0 Å². The smallest absolute Gasteiger partial charge is 0.168 e. The summed E-state index contributed by atoms with van der Waals surface area (Å²) < 4.78 is 13.4. The van der Waals surface area contributed by atoms with E-state index >= 15 is 0 Å². The second-order valence-corrected chi connectivity index (χ2v) is 19.0. The van der Waals surface area contributed by atoms with Crippen molar-refractivity contribution >= 4 is 54.6 Å². The second kappa shape index (κ2) is 13.8. The lowest BCUT2D eigenvalue weighted by atomic mass is 9.48. The normalized spacial score (nSPS) is 20.3. The van der Waals surface area contributed by atoms with Gasteiger partial charge in [0.15, 0.2) is 17.5 Å². The lowest BCUT2D eigenvalue weighted by Crippen LogP contribution is -2.48. The number of fused-ring (bicyclic) bond motifs is 7. The molecule has 0 spiro atoms. The van der Waals surface area contributed by atoms with Gasteiger partial charge in [-0.25, -0.2) is 15.0 Å². The summed E-state index contributed by atoms with van der Waals surface area (Å²) in [6.45, 7) is 0. The second-order valence-electron chi connectivity index (χ2n) is 19.0. The Hall–Kier alpha value is -7.37. The van der Waals surface area contributed by atoms with Crippen molar-refractivity contribution in [1.29, 1.82) is 0 Å². The maximum Gasteiger partial charge on any atom is 0.168 e. The van der Waals surface area contributed by atoms with Crippen molar-refractivity contribution in [1.82, 2.24) is 15.0 Å². The molecule has 3 heterocycles. The van der Waals surface area contributed by atoms with Gasteiger partial charge in [-0.3, -0.25) is 0 Å². The minimum absolute atomic E-state index is 0.345. The molecule has 0 saturated heterocycles. The fourth-order valence-electron chi connectivity index (χ4n) is 12.6. The molecule has 0 unspecified atom stereocenters. The van der Waals surface area contributed by atoms with Gasteiger partial charge in [0.05, 0.1) is 11.1 Å². The van der Waals surface area contributed by atoms with Crippen LogP contribution in [-0.4, -0.2) is 15.0 Å². The molecular formula is C59H43N3O2. The molecule has 11 aromatic rings. The zero-order valence-corrected chi connectivity index (χ0v) is 35.3. The molecule has 0 radical (unpaired) electrons. The van der Waals surface area contributed by atoms with Crippen molar-refractivity contribution in [3.63, 3.8) is 0 Å². The van der Waals surface area contributed by atoms with Crippen molar-refractivity contribution in [2.45, 2.75) is 43.9 Å². The van der Waals surface area contributed by atoms with Crippen LogP contribution in [0.3, 0.4) is 0 Å². The summed E-state index contributed by atoms with van der Waals surface area (Å²) in [6.07, 6.45) is 8.41. The van der Waals surface area contributed by atoms with Gasteiger partial charge in [-0.05, 0) is 143 Å². The average Bonchev–Trinajstić information content (AvgIpc) is 3.91. The Kier molecular flexibility index (Phi) is 7.80. The number of aromatic nitrogens is 3. The third-order valence-electron chi connectivity index (χ3n) is 15.1. The first kappa shape index (κ1) is 36.1. The Morgan fingerprint density at radius 1 is 0.391 bits per heavy atom. The van der Waals surface area contributed by atoms with E-state index in [1.807, 2.05) is 24.3 Å². The highest BCUT2D eigenvalue weighted by atomic mass is 16.3. The van der Waals surface area contributed by atoms with E-state index in [4.69, 9.17) is 23.8 Å². The highest BCUT2D eigenvalue weighted by molar-refractivity contribution is 6.18. The number of rotatable bonds is 6. The molecule has 4 aliphatic rings. The standard InChI is InChI=1S/C59H43N3O2/c1-2-11-38(12-3-1)41-28-42(39-21-23-44(24-22-39)59-32-35-25-36(33-59)27-37(26-35)34-59)30-43(29-41)56-60-57(49-18-10-17-48-46-15-6-8-19-51(46)63-54(48)49)62-58(61-56)53-45-14-5-4-13-40(45)31-50-47-16-7-9-20-52(47)64-55(50)53/h1-24,28-31,35-37H,25-27,32-34H2. The monoisotopic (exact) mass is 825 g/mol. The van der Waals surface area contributed by atoms with Crippen LogP contribution in [0.4, 0.5) is 0 Å². The Bertz CT molecular complexity index is 3620. The summed E-state index contributed by atoms with van der Waals surface area (Å²) in [5.74, 6) is 4.37. The van der Waals surface area contributed by atoms with E-state index in [2.05, 4.69) is 146 Å². The first-order valence-electron chi connectivity index (χ1n) is 22.9. The third-order valence-corrected chi connectivity index (χ3v) is 15.1. The summed E-state index contributed by atoms with van der Waals surface area (Å²) in [5, 5.41) is 6.26. The van der Waals surface area contributed by atoms with E-state index in [0.29, 0.717) is 22.9 Å². The van der Waals surface area contributed by atoms with Gasteiger partial charge in [0.25, 0.3) is 0 Å². The Balaban J connectivity index is 1.00. The minimum Gasteiger partial charge on any atom is -0.455 e. The van der Waals surface area contributed by atoms with Crippen LogP contribution in [0, 0.1) is 17.8 Å². The molecule has 4 aliphatic carbocycles. The Morgan fingerprint density at radius 2 is 0.938 bits per heavy atom. The molecule has 4 saturated carbocycles.